The van der Waals surface area contributed by atoms with E-state index in [0.29, 0.717) is 6.04 Å². The second-order valence-electron chi connectivity index (χ2n) is 4.30. The Hall–Kier alpha value is -1.13. The first-order valence-electron chi connectivity index (χ1n) is 5.96. The number of nitrogens with zero attached hydrogens (tertiary/aromatic N) is 1. The molecule has 0 aliphatic rings. The normalized spacial score (nSPS) is 11.3. The van der Waals surface area contributed by atoms with Gasteiger partial charge in [-0.05, 0) is 12.1 Å². The van der Waals surface area contributed by atoms with Gasteiger partial charge in [0.15, 0.2) is 10.8 Å². The van der Waals surface area contributed by atoms with Crippen LogP contribution in [0.25, 0.3) is 10.8 Å². The predicted octanol–water partition coefficient (Wildman–Crippen LogP) is 3.46. The lowest BCUT2D eigenvalue weighted by molar-refractivity contribution is 0.528. The minimum Gasteiger partial charge on any atom is -0.459 e. The van der Waals surface area contributed by atoms with Crippen LogP contribution < -0.4 is 5.32 Å². The molecule has 2 rings (SSSR count). The van der Waals surface area contributed by atoms with E-state index >= 15 is 0 Å². The molecule has 0 saturated heterocycles. The number of hydrogen-bond donors (Lipinski definition) is 1. The Labute approximate surface area is 106 Å². The molecule has 17 heavy (non-hydrogen) atoms. The van der Waals surface area contributed by atoms with Crippen molar-refractivity contribution in [2.24, 2.45) is 0 Å². The third-order valence-corrected chi connectivity index (χ3v) is 3.37. The zero-order chi connectivity index (χ0) is 12.3. The van der Waals surface area contributed by atoms with Crippen molar-refractivity contribution < 1.29 is 4.42 Å². The van der Waals surface area contributed by atoms with Gasteiger partial charge in [-0.15, -0.1) is 11.3 Å². The van der Waals surface area contributed by atoms with E-state index in [1.165, 1.54) is 0 Å². The summed E-state index contributed by atoms with van der Waals surface area (Å²) in [6.07, 6.45) is 0.924. The molecule has 4 heteroatoms. The summed E-state index contributed by atoms with van der Waals surface area (Å²) in [5.41, 5.74) is 1.08. The van der Waals surface area contributed by atoms with Crippen LogP contribution in [0.3, 0.4) is 0 Å². The number of rotatable bonds is 5. The van der Waals surface area contributed by atoms with Crippen molar-refractivity contribution in [1.29, 1.82) is 0 Å². The average molecular weight is 250 g/mol. The zero-order valence-electron chi connectivity index (χ0n) is 10.5. The minimum atomic E-state index is 0.482. The van der Waals surface area contributed by atoms with Crippen LogP contribution in [0.15, 0.2) is 21.9 Å². The van der Waals surface area contributed by atoms with Crippen LogP contribution in [-0.4, -0.2) is 11.0 Å². The molecule has 0 amide bonds. The van der Waals surface area contributed by atoms with E-state index in [1.807, 2.05) is 12.1 Å². The van der Waals surface area contributed by atoms with Gasteiger partial charge < -0.3 is 9.73 Å². The highest BCUT2D eigenvalue weighted by molar-refractivity contribution is 7.13. The molecule has 0 atom stereocenters. The van der Waals surface area contributed by atoms with Crippen LogP contribution in [0, 0.1) is 0 Å². The molecule has 3 nitrogen and oxygen atoms in total. The highest BCUT2D eigenvalue weighted by Crippen LogP contribution is 2.25. The summed E-state index contributed by atoms with van der Waals surface area (Å²) in [6, 6.07) is 4.50. The van der Waals surface area contributed by atoms with E-state index in [2.05, 4.69) is 36.5 Å². The first-order chi connectivity index (χ1) is 8.19. The molecule has 0 aliphatic carbocycles. The molecule has 0 radical (unpaired) electrons. The molecule has 1 N–H and O–H groups in total. The summed E-state index contributed by atoms with van der Waals surface area (Å²) in [5, 5.41) is 6.40. The molecule has 0 unspecified atom stereocenters. The number of aromatic nitrogens is 1. The molecule has 2 aromatic heterocycles. The van der Waals surface area contributed by atoms with Crippen molar-refractivity contribution in [3.63, 3.8) is 0 Å². The first kappa shape index (κ1) is 12.3. The van der Waals surface area contributed by atoms with Gasteiger partial charge in [-0.1, -0.05) is 20.8 Å². The molecule has 0 fully saturated rings. The van der Waals surface area contributed by atoms with E-state index in [-0.39, 0.29) is 0 Å². The first-order valence-corrected chi connectivity index (χ1v) is 6.84. The summed E-state index contributed by atoms with van der Waals surface area (Å²) in [7, 11) is 0. The summed E-state index contributed by atoms with van der Waals surface area (Å²) in [5.74, 6) is 1.89. The van der Waals surface area contributed by atoms with Gasteiger partial charge >= 0.3 is 0 Å². The molecule has 0 aliphatic heterocycles. The Balaban J connectivity index is 2.07. The molecular weight excluding hydrogens is 232 g/mol. The smallest absolute Gasteiger partial charge is 0.162 e. The summed E-state index contributed by atoms with van der Waals surface area (Å²) < 4.78 is 5.69. The Morgan fingerprint density at radius 2 is 2.24 bits per heavy atom. The highest BCUT2D eigenvalue weighted by Gasteiger charge is 2.08. The largest absolute Gasteiger partial charge is 0.459 e. The molecule has 2 heterocycles. The van der Waals surface area contributed by atoms with Gasteiger partial charge in [-0.2, -0.15) is 0 Å². The van der Waals surface area contributed by atoms with E-state index in [4.69, 9.17) is 4.42 Å². The number of thiazole rings is 1. The predicted molar refractivity (Wildman–Crippen MR) is 71.2 cm³/mol. The van der Waals surface area contributed by atoms with Gasteiger partial charge in [0.2, 0.25) is 0 Å². The molecular formula is C13H18N2OS. The number of nitrogens with one attached hydrogen (secondary N) is 1. The minimum absolute atomic E-state index is 0.482. The van der Waals surface area contributed by atoms with Gasteiger partial charge in [0.25, 0.3) is 0 Å². The molecule has 0 saturated carbocycles. The van der Waals surface area contributed by atoms with Gasteiger partial charge in [0.1, 0.15) is 5.76 Å². The van der Waals surface area contributed by atoms with Crippen LogP contribution in [0.4, 0.5) is 0 Å². The van der Waals surface area contributed by atoms with Crippen LogP contribution in [-0.2, 0) is 13.0 Å². The summed E-state index contributed by atoms with van der Waals surface area (Å²) in [4.78, 5) is 4.56. The fourth-order valence-electron chi connectivity index (χ4n) is 1.49. The van der Waals surface area contributed by atoms with E-state index in [0.717, 1.165) is 35.2 Å². The lowest BCUT2D eigenvalue weighted by Crippen LogP contribution is -2.21. The Morgan fingerprint density at radius 1 is 1.41 bits per heavy atom. The van der Waals surface area contributed by atoms with Crippen molar-refractivity contribution >= 4 is 11.3 Å². The van der Waals surface area contributed by atoms with Crippen LogP contribution >= 0.6 is 11.3 Å². The van der Waals surface area contributed by atoms with E-state index < -0.39 is 0 Å². The van der Waals surface area contributed by atoms with Crippen molar-refractivity contribution in [2.75, 3.05) is 0 Å². The number of furan rings is 1. The fraction of sp³-hybridized carbons (Fsp3) is 0.462. The number of hydrogen-bond acceptors (Lipinski definition) is 4. The lowest BCUT2D eigenvalue weighted by atomic mass is 10.3. The quantitative estimate of drug-likeness (QED) is 0.883. The maximum Gasteiger partial charge on any atom is 0.162 e. The van der Waals surface area contributed by atoms with Gasteiger partial charge in [0, 0.05) is 24.4 Å². The van der Waals surface area contributed by atoms with Gasteiger partial charge in [-0.3, -0.25) is 0 Å². The summed E-state index contributed by atoms with van der Waals surface area (Å²) >= 11 is 1.63. The van der Waals surface area contributed by atoms with Gasteiger partial charge in [-0.25, -0.2) is 4.98 Å². The molecule has 2 aromatic rings. The third-order valence-electron chi connectivity index (χ3n) is 2.46. The molecule has 0 spiro atoms. The zero-order valence-corrected chi connectivity index (χ0v) is 11.3. The maximum absolute atomic E-state index is 5.69. The monoisotopic (exact) mass is 250 g/mol. The standard InChI is InChI=1S/C13H18N2OS/c1-4-11-5-6-12(16-11)13-15-10(8-17-13)7-14-9(2)3/h5-6,8-9,14H,4,7H2,1-3H3. The van der Waals surface area contributed by atoms with Gasteiger partial charge in [0.05, 0.1) is 5.69 Å². The van der Waals surface area contributed by atoms with Crippen LogP contribution in [0.2, 0.25) is 0 Å². The van der Waals surface area contributed by atoms with Crippen LogP contribution in [0.1, 0.15) is 32.2 Å². The average Bonchev–Trinajstić information content (AvgIpc) is 2.94. The topological polar surface area (TPSA) is 38.1 Å². The maximum atomic E-state index is 5.69. The fourth-order valence-corrected chi connectivity index (χ4v) is 2.27. The van der Waals surface area contributed by atoms with E-state index in [1.54, 1.807) is 11.3 Å². The third kappa shape index (κ3) is 3.17. The van der Waals surface area contributed by atoms with Crippen molar-refractivity contribution in [3.8, 4) is 10.8 Å². The molecule has 92 valence electrons. The Morgan fingerprint density at radius 3 is 2.88 bits per heavy atom. The summed E-state index contributed by atoms with van der Waals surface area (Å²) in [6.45, 7) is 7.17. The van der Waals surface area contributed by atoms with Crippen LogP contribution in [0.5, 0.6) is 0 Å². The Kier molecular flexibility index (Phi) is 3.97. The van der Waals surface area contributed by atoms with Crippen molar-refractivity contribution in [2.45, 2.75) is 39.8 Å². The van der Waals surface area contributed by atoms with Crippen molar-refractivity contribution in [1.82, 2.24) is 10.3 Å². The number of aryl methyl sites for hydroxylation is 1. The second kappa shape index (κ2) is 5.47. The van der Waals surface area contributed by atoms with E-state index in [9.17, 15) is 0 Å². The second-order valence-corrected chi connectivity index (χ2v) is 5.16. The highest BCUT2D eigenvalue weighted by atomic mass is 32.1. The lowest BCUT2D eigenvalue weighted by Gasteiger charge is -2.04. The SMILES string of the molecule is CCc1ccc(-c2nc(CNC(C)C)cs2)o1. The Bertz CT molecular complexity index is 473. The van der Waals surface area contributed by atoms with Crippen molar-refractivity contribution in [3.05, 3.63) is 29.0 Å². The molecule has 0 bridgehead atoms. The molecule has 0 aromatic carbocycles.